The SMILES string of the molecule is CC(C)COc1ccccc1[CH]=[Ru][Cl].CC(C)c1cccc(C(C)C)c1N1[CH-]C(C)(C)CC1(C)C.[CH3-]. The van der Waals surface area contributed by atoms with E-state index >= 15 is 0 Å². The Bertz CT molecular complexity index is 952. The molecular weight excluding hydrogens is 551 g/mol. The molecule has 0 aromatic heterocycles. The van der Waals surface area contributed by atoms with Gasteiger partial charge in [-0.1, -0.05) is 66.2 Å². The third-order valence-corrected chi connectivity index (χ3v) is 7.43. The van der Waals surface area contributed by atoms with Gasteiger partial charge in [0, 0.05) is 11.2 Å². The molecule has 36 heavy (non-hydrogen) atoms. The van der Waals surface area contributed by atoms with Gasteiger partial charge in [-0.15, -0.1) is 5.41 Å². The molecule has 0 saturated carbocycles. The molecule has 2 aromatic carbocycles. The average molecular weight is 600 g/mol. The summed E-state index contributed by atoms with van der Waals surface area (Å²) in [6.45, 7) is 26.1. The molecule has 1 heterocycles. The van der Waals surface area contributed by atoms with Gasteiger partial charge in [-0.25, -0.2) is 6.54 Å². The zero-order valence-corrected chi connectivity index (χ0v) is 26.9. The van der Waals surface area contributed by atoms with Crippen LogP contribution in [0.1, 0.15) is 104 Å². The molecule has 205 valence electrons. The van der Waals surface area contributed by atoms with Gasteiger partial charge in [0.25, 0.3) is 0 Å². The van der Waals surface area contributed by atoms with E-state index in [4.69, 9.17) is 14.4 Å². The normalized spacial score (nSPS) is 16.6. The summed E-state index contributed by atoms with van der Waals surface area (Å²) in [5.74, 6) is 2.58. The zero-order valence-electron chi connectivity index (χ0n) is 24.4. The van der Waals surface area contributed by atoms with E-state index < -0.39 is 0 Å². The summed E-state index contributed by atoms with van der Waals surface area (Å²) in [4.78, 5) is 2.57. The fourth-order valence-corrected chi connectivity index (χ4v) is 6.03. The molecule has 2 aromatic rings. The van der Waals surface area contributed by atoms with Gasteiger partial charge in [0.05, 0.1) is 0 Å². The Kier molecular flexibility index (Phi) is 12.9. The fourth-order valence-electron chi connectivity index (χ4n) is 4.92. The minimum Gasteiger partial charge on any atom is -0.517 e. The van der Waals surface area contributed by atoms with Gasteiger partial charge in [-0.05, 0) is 36.8 Å². The van der Waals surface area contributed by atoms with Crippen molar-refractivity contribution in [2.24, 2.45) is 11.3 Å². The standard InChI is InChI=1S/C20H32N.C11H14O.CH3.ClH.Ru/c1-14(2)16-10-9-11-17(15(3)4)18(16)21-13-19(5,6)12-20(21,7)8;1-9(2)8-12-11-7-5-4-6-10(11)3;;;/h9-11,13-15H,12H2,1-8H3;3-7,9H,8H2,1-2H3;1H3;1H;/q-1;;-1;;+1/p-1. The van der Waals surface area contributed by atoms with E-state index in [0.717, 1.165) is 17.9 Å². The van der Waals surface area contributed by atoms with Crippen LogP contribution in [-0.2, 0) is 15.7 Å². The molecule has 0 aliphatic carbocycles. The monoisotopic (exact) mass is 600 g/mol. The number of hydrogen-bond acceptors (Lipinski definition) is 2. The van der Waals surface area contributed by atoms with E-state index in [1.165, 1.54) is 23.2 Å². The van der Waals surface area contributed by atoms with Crippen molar-refractivity contribution in [3.63, 3.8) is 0 Å². The third-order valence-electron chi connectivity index (χ3n) is 6.24. The van der Waals surface area contributed by atoms with Crippen LogP contribution in [0.4, 0.5) is 5.69 Å². The number of anilines is 1. The molecular formula is C32H49ClNORu-2. The van der Waals surface area contributed by atoms with Crippen LogP contribution >= 0.6 is 9.69 Å². The number of rotatable bonds is 7. The maximum absolute atomic E-state index is 5.75. The fraction of sp³-hybridized carbons (Fsp3) is 0.531. The van der Waals surface area contributed by atoms with Gasteiger partial charge in [-0.3, -0.25) is 0 Å². The Morgan fingerprint density at radius 1 is 0.944 bits per heavy atom. The van der Waals surface area contributed by atoms with Gasteiger partial charge in [0.15, 0.2) is 0 Å². The summed E-state index contributed by atoms with van der Waals surface area (Å²) in [5.41, 5.74) is 5.96. The summed E-state index contributed by atoms with van der Waals surface area (Å²) in [6, 6.07) is 14.8. The van der Waals surface area contributed by atoms with E-state index in [1.807, 2.05) is 28.9 Å². The maximum Gasteiger partial charge on any atom is 0.0145 e. The van der Waals surface area contributed by atoms with Crippen LogP contribution in [0.5, 0.6) is 5.75 Å². The molecule has 1 saturated heterocycles. The third kappa shape index (κ3) is 8.99. The molecule has 0 unspecified atom stereocenters. The number of hydrogen-bond donors (Lipinski definition) is 0. The van der Waals surface area contributed by atoms with E-state index in [2.05, 4.69) is 98.9 Å². The minimum absolute atomic E-state index is 0. The van der Waals surface area contributed by atoms with Crippen molar-refractivity contribution in [2.45, 2.75) is 93.0 Å². The van der Waals surface area contributed by atoms with Crippen molar-refractivity contribution in [2.75, 3.05) is 11.5 Å². The molecule has 0 amide bonds. The van der Waals surface area contributed by atoms with Crippen LogP contribution in [0.25, 0.3) is 0 Å². The van der Waals surface area contributed by atoms with Crippen molar-refractivity contribution in [1.82, 2.24) is 0 Å². The largest absolute Gasteiger partial charge is 0.517 e. The van der Waals surface area contributed by atoms with Crippen LogP contribution in [0.15, 0.2) is 42.5 Å². The zero-order chi connectivity index (χ0) is 26.4. The van der Waals surface area contributed by atoms with Crippen LogP contribution in [0.3, 0.4) is 0 Å². The number of halogens is 1. The van der Waals surface area contributed by atoms with Gasteiger partial charge in [0.2, 0.25) is 0 Å². The first-order valence-electron chi connectivity index (χ1n) is 12.8. The molecule has 0 spiro atoms. The van der Waals surface area contributed by atoms with E-state index in [-0.39, 0.29) is 34.1 Å². The van der Waals surface area contributed by atoms with Crippen molar-refractivity contribution in [3.8, 4) is 5.75 Å². The van der Waals surface area contributed by atoms with Crippen LogP contribution in [0, 0.1) is 25.3 Å². The van der Waals surface area contributed by atoms with Crippen LogP contribution in [-0.4, -0.2) is 16.8 Å². The Morgan fingerprint density at radius 3 is 1.94 bits per heavy atom. The summed E-state index contributed by atoms with van der Waals surface area (Å²) in [6.07, 6.45) is 1.20. The van der Waals surface area contributed by atoms with Gasteiger partial charge >= 0.3 is 96.7 Å². The van der Waals surface area contributed by atoms with Crippen molar-refractivity contribution >= 4 is 20.0 Å². The Hall–Kier alpha value is -1.18. The second-order valence-electron chi connectivity index (χ2n) is 12.0. The quantitative estimate of drug-likeness (QED) is 0.232. The summed E-state index contributed by atoms with van der Waals surface area (Å²) in [7, 11) is 5.75. The van der Waals surface area contributed by atoms with Crippen molar-refractivity contribution < 1.29 is 20.4 Å². The second kappa shape index (κ2) is 14.1. The van der Waals surface area contributed by atoms with Crippen LogP contribution in [0.2, 0.25) is 0 Å². The van der Waals surface area contributed by atoms with Gasteiger partial charge in [0.1, 0.15) is 0 Å². The van der Waals surface area contributed by atoms with Gasteiger partial charge < -0.3 is 12.3 Å². The maximum atomic E-state index is 5.75. The molecule has 3 rings (SSSR count). The van der Waals surface area contributed by atoms with E-state index in [9.17, 15) is 0 Å². The molecule has 0 bridgehead atoms. The molecule has 4 heteroatoms. The predicted molar refractivity (Wildman–Crippen MR) is 158 cm³/mol. The first kappa shape index (κ1) is 32.9. The number of ether oxygens (including phenoxy) is 1. The predicted octanol–water partition coefficient (Wildman–Crippen LogP) is 9.67. The first-order valence-corrected chi connectivity index (χ1v) is 16.1. The van der Waals surface area contributed by atoms with Gasteiger partial charge in [-0.2, -0.15) is 0 Å². The van der Waals surface area contributed by atoms with Crippen LogP contribution < -0.4 is 9.64 Å². The summed E-state index contributed by atoms with van der Waals surface area (Å²) < 4.78 is 7.72. The number of benzene rings is 2. The topological polar surface area (TPSA) is 12.5 Å². The molecule has 0 N–H and O–H groups in total. The molecule has 0 atom stereocenters. The summed E-state index contributed by atoms with van der Waals surface area (Å²) >= 11 is -0.191. The number of nitrogens with zero attached hydrogens (tertiary/aromatic N) is 1. The summed E-state index contributed by atoms with van der Waals surface area (Å²) in [5, 5.41) is 0. The van der Waals surface area contributed by atoms with E-state index in [1.54, 1.807) is 0 Å². The smallest absolute Gasteiger partial charge is 0.0145 e. The molecule has 1 aliphatic rings. The first-order chi connectivity index (χ1) is 16.3. The minimum atomic E-state index is -0.191. The Labute approximate surface area is 234 Å². The Balaban J connectivity index is 0.000000379. The molecule has 2 nitrogen and oxygen atoms in total. The molecule has 0 radical (unpaired) electrons. The average Bonchev–Trinajstić information content (AvgIpc) is 2.99. The Morgan fingerprint density at radius 2 is 1.50 bits per heavy atom. The molecule has 1 fully saturated rings. The van der Waals surface area contributed by atoms with Crippen molar-refractivity contribution in [1.29, 1.82) is 0 Å². The van der Waals surface area contributed by atoms with Crippen molar-refractivity contribution in [3.05, 3.63) is 73.1 Å². The number of para-hydroxylation sites is 2. The second-order valence-corrected chi connectivity index (χ2v) is 13.8. The molecule has 1 aliphatic heterocycles. The van der Waals surface area contributed by atoms with E-state index in [0.29, 0.717) is 17.8 Å².